The Labute approximate surface area is 154 Å². The standard InChI is InChI=1S/C18H19FN2O4S/c1-4-25-18(24)15-10(2)16(11(3)22)26-17(15)21-14(23)9-20-13-7-5-6-12(19)8-13/h5-8,20H,4,9H2,1-3H3,(H,21,23). The molecule has 2 N–H and O–H groups in total. The van der Waals surface area contributed by atoms with E-state index in [0.29, 0.717) is 16.1 Å². The van der Waals surface area contributed by atoms with Gasteiger partial charge in [0.2, 0.25) is 5.91 Å². The zero-order valence-corrected chi connectivity index (χ0v) is 15.5. The number of benzene rings is 1. The number of rotatable bonds is 7. The molecular weight excluding hydrogens is 359 g/mol. The molecule has 0 radical (unpaired) electrons. The maximum Gasteiger partial charge on any atom is 0.341 e. The largest absolute Gasteiger partial charge is 0.462 e. The van der Waals surface area contributed by atoms with Crippen LogP contribution in [0.25, 0.3) is 0 Å². The lowest BCUT2D eigenvalue weighted by molar-refractivity contribution is -0.114. The highest BCUT2D eigenvalue weighted by Crippen LogP contribution is 2.34. The Morgan fingerprint density at radius 1 is 1.27 bits per heavy atom. The van der Waals surface area contributed by atoms with Crippen molar-refractivity contribution >= 4 is 39.7 Å². The van der Waals surface area contributed by atoms with Crippen LogP contribution in [-0.4, -0.2) is 30.8 Å². The van der Waals surface area contributed by atoms with Crippen molar-refractivity contribution in [2.24, 2.45) is 0 Å². The number of hydrogen-bond donors (Lipinski definition) is 2. The number of esters is 1. The number of ether oxygens (including phenoxy) is 1. The summed E-state index contributed by atoms with van der Waals surface area (Å²) in [7, 11) is 0. The Hall–Kier alpha value is -2.74. The van der Waals surface area contributed by atoms with Gasteiger partial charge in [0.25, 0.3) is 0 Å². The van der Waals surface area contributed by atoms with Crippen LogP contribution in [0.15, 0.2) is 24.3 Å². The van der Waals surface area contributed by atoms with E-state index in [2.05, 4.69) is 10.6 Å². The molecule has 0 atom stereocenters. The van der Waals surface area contributed by atoms with Crippen molar-refractivity contribution in [3.63, 3.8) is 0 Å². The van der Waals surface area contributed by atoms with E-state index in [0.717, 1.165) is 11.3 Å². The zero-order chi connectivity index (χ0) is 19.3. The molecule has 138 valence electrons. The number of anilines is 2. The second-order valence-corrected chi connectivity index (χ2v) is 6.47. The highest BCUT2D eigenvalue weighted by atomic mass is 32.1. The highest BCUT2D eigenvalue weighted by molar-refractivity contribution is 7.18. The quantitative estimate of drug-likeness (QED) is 0.568. The summed E-state index contributed by atoms with van der Waals surface area (Å²) in [4.78, 5) is 36.5. The molecule has 26 heavy (non-hydrogen) atoms. The molecular formula is C18H19FN2O4S. The fourth-order valence-electron chi connectivity index (χ4n) is 2.34. The summed E-state index contributed by atoms with van der Waals surface area (Å²) < 4.78 is 18.2. The van der Waals surface area contributed by atoms with Gasteiger partial charge in [-0.25, -0.2) is 9.18 Å². The Morgan fingerprint density at radius 3 is 2.62 bits per heavy atom. The maximum absolute atomic E-state index is 13.2. The minimum atomic E-state index is -0.595. The van der Waals surface area contributed by atoms with Gasteiger partial charge in [-0.05, 0) is 44.5 Å². The number of amides is 1. The van der Waals surface area contributed by atoms with E-state index >= 15 is 0 Å². The zero-order valence-electron chi connectivity index (χ0n) is 14.6. The first-order valence-electron chi connectivity index (χ1n) is 7.94. The Kier molecular flexibility index (Phi) is 6.46. The van der Waals surface area contributed by atoms with Crippen LogP contribution in [0.5, 0.6) is 0 Å². The summed E-state index contributed by atoms with van der Waals surface area (Å²) in [5, 5.41) is 5.68. The van der Waals surface area contributed by atoms with Crippen molar-refractivity contribution in [1.82, 2.24) is 0 Å². The third kappa shape index (κ3) is 4.66. The van der Waals surface area contributed by atoms with E-state index in [1.165, 1.54) is 25.1 Å². The van der Waals surface area contributed by atoms with Gasteiger partial charge in [-0.15, -0.1) is 11.3 Å². The molecule has 1 heterocycles. The van der Waals surface area contributed by atoms with Crippen LogP contribution in [0.2, 0.25) is 0 Å². The molecule has 0 aliphatic rings. The van der Waals surface area contributed by atoms with Gasteiger partial charge in [0.15, 0.2) is 5.78 Å². The average molecular weight is 378 g/mol. The molecule has 0 aliphatic carbocycles. The van der Waals surface area contributed by atoms with Crippen molar-refractivity contribution in [3.05, 3.63) is 46.1 Å². The van der Waals surface area contributed by atoms with Gasteiger partial charge in [0.05, 0.1) is 23.6 Å². The number of carbonyl (C=O) groups is 3. The normalized spacial score (nSPS) is 10.3. The summed E-state index contributed by atoms with van der Waals surface area (Å²) in [5.41, 5.74) is 1.12. The van der Waals surface area contributed by atoms with Crippen molar-refractivity contribution in [2.75, 3.05) is 23.8 Å². The highest BCUT2D eigenvalue weighted by Gasteiger charge is 2.25. The van der Waals surface area contributed by atoms with E-state index in [-0.39, 0.29) is 29.5 Å². The first-order valence-corrected chi connectivity index (χ1v) is 8.75. The minimum absolute atomic E-state index is 0.127. The lowest BCUT2D eigenvalue weighted by Gasteiger charge is -2.09. The van der Waals surface area contributed by atoms with Crippen molar-refractivity contribution < 1.29 is 23.5 Å². The molecule has 0 saturated carbocycles. The molecule has 6 nitrogen and oxygen atoms in total. The number of ketones is 1. The number of thiophene rings is 1. The molecule has 1 aromatic heterocycles. The Bertz CT molecular complexity index is 848. The molecule has 1 amide bonds. The van der Waals surface area contributed by atoms with Gasteiger partial charge in [-0.1, -0.05) is 6.07 Å². The minimum Gasteiger partial charge on any atom is -0.462 e. The Morgan fingerprint density at radius 2 is 2.00 bits per heavy atom. The summed E-state index contributed by atoms with van der Waals surface area (Å²) in [6.07, 6.45) is 0. The number of nitrogens with one attached hydrogen (secondary N) is 2. The lowest BCUT2D eigenvalue weighted by Crippen LogP contribution is -2.22. The van der Waals surface area contributed by atoms with Crippen molar-refractivity contribution in [2.45, 2.75) is 20.8 Å². The predicted octanol–water partition coefficient (Wildman–Crippen LogP) is 3.63. The molecule has 1 aromatic carbocycles. The summed E-state index contributed by atoms with van der Waals surface area (Å²) in [6, 6.07) is 5.72. The summed E-state index contributed by atoms with van der Waals surface area (Å²) >= 11 is 1.03. The fraction of sp³-hybridized carbons (Fsp3) is 0.278. The van der Waals surface area contributed by atoms with E-state index in [4.69, 9.17) is 4.74 Å². The van der Waals surface area contributed by atoms with Crippen LogP contribution in [0.1, 0.15) is 39.4 Å². The van der Waals surface area contributed by atoms with E-state index in [1.54, 1.807) is 19.9 Å². The van der Waals surface area contributed by atoms with Gasteiger partial charge in [-0.2, -0.15) is 0 Å². The molecule has 0 aliphatic heterocycles. The van der Waals surface area contributed by atoms with Crippen LogP contribution < -0.4 is 10.6 Å². The average Bonchev–Trinajstić information content (AvgIpc) is 2.89. The van der Waals surface area contributed by atoms with Crippen molar-refractivity contribution in [1.29, 1.82) is 0 Å². The van der Waals surface area contributed by atoms with Crippen LogP contribution in [0.4, 0.5) is 15.1 Å². The Balaban J connectivity index is 2.16. The summed E-state index contributed by atoms with van der Waals surface area (Å²) in [5.74, 6) is -1.64. The van der Waals surface area contributed by atoms with Crippen LogP contribution in [-0.2, 0) is 9.53 Å². The first kappa shape index (κ1) is 19.6. The van der Waals surface area contributed by atoms with E-state index in [9.17, 15) is 18.8 Å². The fourth-order valence-corrected chi connectivity index (χ4v) is 3.44. The van der Waals surface area contributed by atoms with Gasteiger partial charge in [0, 0.05) is 5.69 Å². The molecule has 0 bridgehead atoms. The monoisotopic (exact) mass is 378 g/mol. The number of Topliss-reactive ketones (excluding diaryl/α,β-unsaturated/α-hetero) is 1. The number of carbonyl (C=O) groups excluding carboxylic acids is 3. The second-order valence-electron chi connectivity index (χ2n) is 5.45. The van der Waals surface area contributed by atoms with Crippen LogP contribution >= 0.6 is 11.3 Å². The topological polar surface area (TPSA) is 84.5 Å². The molecule has 0 unspecified atom stereocenters. The van der Waals surface area contributed by atoms with Crippen LogP contribution in [0, 0.1) is 12.7 Å². The smallest absolute Gasteiger partial charge is 0.341 e. The molecule has 8 heteroatoms. The second kappa shape index (κ2) is 8.57. The van der Waals surface area contributed by atoms with E-state index in [1.807, 2.05) is 0 Å². The van der Waals surface area contributed by atoms with Gasteiger partial charge in [0.1, 0.15) is 10.8 Å². The molecule has 0 spiro atoms. The first-order chi connectivity index (χ1) is 12.3. The van der Waals surface area contributed by atoms with Crippen LogP contribution in [0.3, 0.4) is 0 Å². The third-order valence-electron chi connectivity index (χ3n) is 3.48. The molecule has 0 saturated heterocycles. The molecule has 2 aromatic rings. The van der Waals surface area contributed by atoms with Gasteiger partial charge in [-0.3, -0.25) is 9.59 Å². The van der Waals surface area contributed by atoms with Gasteiger partial charge >= 0.3 is 5.97 Å². The number of halogens is 1. The molecule has 0 fully saturated rings. The van der Waals surface area contributed by atoms with Crippen molar-refractivity contribution in [3.8, 4) is 0 Å². The number of hydrogen-bond acceptors (Lipinski definition) is 6. The van der Waals surface area contributed by atoms with E-state index < -0.39 is 17.7 Å². The lowest BCUT2D eigenvalue weighted by atomic mass is 10.1. The van der Waals surface area contributed by atoms with Gasteiger partial charge < -0.3 is 15.4 Å². The predicted molar refractivity (Wildman–Crippen MR) is 98.5 cm³/mol. The summed E-state index contributed by atoms with van der Waals surface area (Å²) in [6.45, 7) is 4.76. The maximum atomic E-state index is 13.2. The SMILES string of the molecule is CCOC(=O)c1c(NC(=O)CNc2cccc(F)c2)sc(C(C)=O)c1C. The molecule has 2 rings (SSSR count). The third-order valence-corrected chi connectivity index (χ3v) is 4.78.